The molecule has 0 atom stereocenters. The average molecular weight is 399 g/mol. The largest absolute Gasteiger partial charge is 0.504 e. The van der Waals surface area contributed by atoms with E-state index >= 15 is 0 Å². The second-order valence-corrected chi connectivity index (χ2v) is 9.83. The van der Waals surface area contributed by atoms with Crippen molar-refractivity contribution in [2.75, 3.05) is 0 Å². The molecule has 2 rings (SSSR count). The predicted octanol–water partition coefficient (Wildman–Crippen LogP) is 3.10. The van der Waals surface area contributed by atoms with Crippen molar-refractivity contribution in [3.63, 3.8) is 0 Å². The third-order valence-electron chi connectivity index (χ3n) is 3.54. The fraction of sp³-hybridized carbons (Fsp3) is 0.188. The average Bonchev–Trinajstić information content (AvgIpc) is 2.45. The van der Waals surface area contributed by atoms with E-state index in [-0.39, 0.29) is 9.92 Å². The lowest BCUT2D eigenvalue weighted by Gasteiger charge is -2.10. The first kappa shape index (κ1) is 19.3. The minimum absolute atomic E-state index is 0.170. The maximum atomic E-state index is 12.9. The molecule has 0 saturated heterocycles. The smallest absolute Gasteiger partial charge is 0.359 e. The predicted molar refractivity (Wildman–Crippen MR) is 95.1 cm³/mol. The Morgan fingerprint density at radius 1 is 0.960 bits per heavy atom. The Kier molecular flexibility index (Phi) is 5.20. The molecule has 0 N–H and O–H groups in total. The molecule has 0 saturated carbocycles. The summed E-state index contributed by atoms with van der Waals surface area (Å²) in [5.74, 6) is 0. The highest BCUT2D eigenvalue weighted by atomic mass is 35.5. The lowest BCUT2D eigenvalue weighted by Crippen LogP contribution is -2.27. The van der Waals surface area contributed by atoms with Gasteiger partial charge in [0.1, 0.15) is 0 Å². The van der Waals surface area contributed by atoms with Gasteiger partial charge in [0.05, 0.1) is 14.8 Å². The zero-order chi connectivity index (χ0) is 19.0. The number of aryl methyl sites for hydroxylation is 3. The van der Waals surface area contributed by atoms with Crippen LogP contribution in [0.1, 0.15) is 16.7 Å². The highest BCUT2D eigenvalue weighted by Gasteiger charge is 2.46. The quantitative estimate of drug-likeness (QED) is 0.335. The van der Waals surface area contributed by atoms with Crippen molar-refractivity contribution in [1.82, 2.24) is 0 Å². The van der Waals surface area contributed by atoms with E-state index in [0.29, 0.717) is 11.1 Å². The number of benzene rings is 2. The molecule has 9 heteroatoms. The van der Waals surface area contributed by atoms with Crippen molar-refractivity contribution in [1.29, 1.82) is 0 Å². The number of sulfone groups is 2. The Hall–Kier alpha value is -1.99. The van der Waals surface area contributed by atoms with Gasteiger partial charge < -0.3 is 5.53 Å². The monoisotopic (exact) mass is 398 g/mol. The van der Waals surface area contributed by atoms with Crippen LogP contribution in [0.5, 0.6) is 0 Å². The van der Waals surface area contributed by atoms with Crippen LogP contribution >= 0.6 is 11.6 Å². The molecule has 0 unspecified atom stereocenters. The van der Waals surface area contributed by atoms with Crippen LogP contribution in [0.4, 0.5) is 0 Å². The van der Waals surface area contributed by atoms with Gasteiger partial charge in [-0.1, -0.05) is 41.4 Å². The first-order valence-electron chi connectivity index (χ1n) is 7.08. The van der Waals surface area contributed by atoms with Gasteiger partial charge in [0.15, 0.2) is 0 Å². The molecule has 132 valence electrons. The molecule has 6 nitrogen and oxygen atoms in total. The molecule has 2 aromatic rings. The van der Waals surface area contributed by atoms with Crippen LogP contribution in [-0.4, -0.2) is 26.0 Å². The summed E-state index contributed by atoms with van der Waals surface area (Å²) in [7, 11) is -9.25. The minimum atomic E-state index is -4.65. The molecule has 0 heterocycles. The Morgan fingerprint density at radius 3 is 1.96 bits per heavy atom. The normalized spacial score (nSPS) is 11.8. The first-order chi connectivity index (χ1) is 11.5. The third-order valence-corrected chi connectivity index (χ3v) is 8.50. The van der Waals surface area contributed by atoms with Crippen LogP contribution in [0.3, 0.4) is 0 Å². The summed E-state index contributed by atoms with van der Waals surface area (Å²) in [4.78, 5) is 1.96. The number of rotatable bonds is 2. The molecule has 0 aliphatic carbocycles. The van der Waals surface area contributed by atoms with Crippen molar-refractivity contribution in [3.8, 4) is 0 Å². The first-order valence-corrected chi connectivity index (χ1v) is 10.4. The molecule has 0 aliphatic rings. The molecule has 0 fully saturated rings. The van der Waals surface area contributed by atoms with Gasteiger partial charge in [0.2, 0.25) is 0 Å². The summed E-state index contributed by atoms with van der Waals surface area (Å²) < 4.78 is 50.0. The Balaban J connectivity index is 2.79. The van der Waals surface area contributed by atoms with E-state index in [9.17, 15) is 22.4 Å². The minimum Gasteiger partial charge on any atom is -0.359 e. The van der Waals surface area contributed by atoms with Gasteiger partial charge in [-0.25, -0.2) is 16.8 Å². The number of hydrogen-bond donors (Lipinski definition) is 0. The molecule has 0 aromatic heterocycles. The zero-order valence-electron chi connectivity index (χ0n) is 13.7. The molecule has 0 radical (unpaired) electrons. The summed E-state index contributed by atoms with van der Waals surface area (Å²) >= 11 is 5.88. The fourth-order valence-corrected chi connectivity index (χ4v) is 6.93. The maximum Gasteiger partial charge on any atom is 0.504 e. The molecular weight excluding hydrogens is 384 g/mol. The van der Waals surface area contributed by atoms with Gasteiger partial charge in [0, 0.05) is 0 Å². The van der Waals surface area contributed by atoms with Crippen LogP contribution < -0.4 is 0 Å². The van der Waals surface area contributed by atoms with E-state index < -0.39 is 28.9 Å². The Bertz CT molecular complexity index is 1090. The highest BCUT2D eigenvalue weighted by molar-refractivity contribution is 8.31. The van der Waals surface area contributed by atoms with Crippen LogP contribution in [0.2, 0.25) is 5.02 Å². The molecule has 0 aliphatic heterocycles. The van der Waals surface area contributed by atoms with Crippen molar-refractivity contribution >= 4 is 35.7 Å². The summed E-state index contributed by atoms with van der Waals surface area (Å²) in [6.07, 6.45) is 0. The third kappa shape index (κ3) is 3.39. The SMILES string of the molecule is Cc1cc(C)c(S(=O)(=O)C(=[N+]=[N-])S(=O)(=O)c2ccccc2Cl)c(C)c1. The topological polar surface area (TPSA) is 105 Å². The summed E-state index contributed by atoms with van der Waals surface area (Å²) in [6.45, 7) is 4.88. The van der Waals surface area contributed by atoms with Crippen molar-refractivity contribution in [2.24, 2.45) is 0 Å². The van der Waals surface area contributed by atoms with Crippen LogP contribution in [-0.2, 0) is 19.7 Å². The molecular formula is C16H15ClN2O4S2. The van der Waals surface area contributed by atoms with Crippen LogP contribution in [0.15, 0.2) is 46.2 Å². The van der Waals surface area contributed by atoms with Gasteiger partial charge in [-0.3, -0.25) is 0 Å². The van der Waals surface area contributed by atoms with E-state index in [1.165, 1.54) is 18.2 Å². The van der Waals surface area contributed by atoms with E-state index in [4.69, 9.17) is 11.6 Å². The standard InChI is InChI=1S/C16H15ClN2O4S2/c1-10-8-11(2)15(12(3)9-10)25(22,23)16(19-18)24(20,21)14-7-5-4-6-13(14)17/h4-9H,1-3H3. The Morgan fingerprint density at radius 2 is 1.48 bits per heavy atom. The van der Waals surface area contributed by atoms with Gasteiger partial charge in [0.25, 0.3) is 19.7 Å². The van der Waals surface area contributed by atoms with Gasteiger partial charge >= 0.3 is 4.38 Å². The van der Waals surface area contributed by atoms with Crippen LogP contribution in [0, 0.1) is 20.8 Å². The summed E-state index contributed by atoms with van der Waals surface area (Å²) in [6, 6.07) is 8.56. The molecule has 0 spiro atoms. The Labute approximate surface area is 151 Å². The summed E-state index contributed by atoms with van der Waals surface area (Å²) in [5, 5.41) is -0.170. The van der Waals surface area contributed by atoms with Crippen molar-refractivity contribution in [2.45, 2.75) is 30.6 Å². The maximum absolute atomic E-state index is 12.9. The fourth-order valence-electron chi connectivity index (χ4n) is 2.69. The molecule has 0 amide bonds. The summed E-state index contributed by atoms with van der Waals surface area (Å²) in [5.41, 5.74) is 10.8. The van der Waals surface area contributed by atoms with E-state index in [2.05, 4.69) is 4.79 Å². The molecule has 25 heavy (non-hydrogen) atoms. The highest BCUT2D eigenvalue weighted by Crippen LogP contribution is 2.29. The number of nitrogens with zero attached hydrogens (tertiary/aromatic N) is 2. The van der Waals surface area contributed by atoms with Gasteiger partial charge in [-0.15, -0.1) is 4.79 Å². The number of halogens is 1. The van der Waals surface area contributed by atoms with Gasteiger partial charge in [-0.05, 0) is 44.0 Å². The van der Waals surface area contributed by atoms with E-state index in [0.717, 1.165) is 11.6 Å². The lowest BCUT2D eigenvalue weighted by molar-refractivity contribution is 0.00379. The lowest BCUT2D eigenvalue weighted by atomic mass is 10.1. The zero-order valence-corrected chi connectivity index (χ0v) is 16.1. The second-order valence-electron chi connectivity index (χ2n) is 5.53. The number of hydrogen-bond acceptors (Lipinski definition) is 4. The van der Waals surface area contributed by atoms with Gasteiger partial charge in [-0.2, -0.15) is 0 Å². The van der Waals surface area contributed by atoms with Crippen molar-refractivity contribution < 1.29 is 21.6 Å². The van der Waals surface area contributed by atoms with Crippen molar-refractivity contribution in [3.05, 3.63) is 63.6 Å². The van der Waals surface area contributed by atoms with Crippen LogP contribution in [0.25, 0.3) is 5.53 Å². The molecule has 2 aromatic carbocycles. The van der Waals surface area contributed by atoms with E-state index in [1.54, 1.807) is 32.9 Å². The van der Waals surface area contributed by atoms with E-state index in [1.807, 2.05) is 0 Å². The second kappa shape index (κ2) is 6.72. The molecule has 0 bridgehead atoms.